The van der Waals surface area contributed by atoms with E-state index in [2.05, 4.69) is 5.32 Å². The lowest BCUT2D eigenvalue weighted by Crippen LogP contribution is -2.04. The van der Waals surface area contributed by atoms with Gasteiger partial charge in [0.05, 0.1) is 0 Å². The standard InChI is InChI=1S/C13H14ClFN2/c1-16-7-10-4-5-17(8-10)9-11-6-12(14)2-3-13(11)15/h2-6,8,16H,7,9H2,1H3. The Labute approximate surface area is 105 Å². The maximum Gasteiger partial charge on any atom is 0.128 e. The molecule has 0 aliphatic carbocycles. The highest BCUT2D eigenvalue weighted by Crippen LogP contribution is 2.16. The molecule has 2 nitrogen and oxygen atoms in total. The van der Waals surface area contributed by atoms with Crippen molar-refractivity contribution in [1.82, 2.24) is 9.88 Å². The van der Waals surface area contributed by atoms with Crippen LogP contribution in [0.15, 0.2) is 36.7 Å². The number of hydrogen-bond donors (Lipinski definition) is 1. The van der Waals surface area contributed by atoms with Crippen LogP contribution in [0.5, 0.6) is 0 Å². The van der Waals surface area contributed by atoms with Gasteiger partial charge in [0.15, 0.2) is 0 Å². The summed E-state index contributed by atoms with van der Waals surface area (Å²) in [5.41, 5.74) is 1.78. The second-order valence-electron chi connectivity index (χ2n) is 3.96. The fraction of sp³-hybridized carbons (Fsp3) is 0.231. The molecular formula is C13H14ClFN2. The Balaban J connectivity index is 2.16. The molecule has 0 amide bonds. The van der Waals surface area contributed by atoms with Gasteiger partial charge in [0.1, 0.15) is 5.82 Å². The molecule has 90 valence electrons. The fourth-order valence-corrected chi connectivity index (χ4v) is 1.95. The van der Waals surface area contributed by atoms with Crippen molar-refractivity contribution in [2.45, 2.75) is 13.1 Å². The van der Waals surface area contributed by atoms with Crippen LogP contribution in [0, 0.1) is 5.82 Å². The van der Waals surface area contributed by atoms with Crippen LogP contribution in [0.2, 0.25) is 5.02 Å². The molecular weight excluding hydrogens is 239 g/mol. The van der Waals surface area contributed by atoms with E-state index in [4.69, 9.17) is 11.6 Å². The van der Waals surface area contributed by atoms with Crippen molar-refractivity contribution in [1.29, 1.82) is 0 Å². The number of hydrogen-bond acceptors (Lipinski definition) is 1. The number of rotatable bonds is 4. The maximum absolute atomic E-state index is 13.5. The Hall–Kier alpha value is -1.32. The van der Waals surface area contributed by atoms with Crippen LogP contribution in [0.1, 0.15) is 11.1 Å². The van der Waals surface area contributed by atoms with E-state index >= 15 is 0 Å². The molecule has 17 heavy (non-hydrogen) atoms. The molecule has 1 heterocycles. The molecule has 0 saturated heterocycles. The summed E-state index contributed by atoms with van der Waals surface area (Å²) < 4.78 is 15.5. The monoisotopic (exact) mass is 252 g/mol. The first-order valence-corrected chi connectivity index (χ1v) is 5.80. The van der Waals surface area contributed by atoms with Crippen LogP contribution in [0.4, 0.5) is 4.39 Å². The van der Waals surface area contributed by atoms with E-state index in [1.165, 1.54) is 11.6 Å². The lowest BCUT2D eigenvalue weighted by atomic mass is 10.2. The Bertz CT molecular complexity index is 508. The number of halogens is 2. The van der Waals surface area contributed by atoms with Gasteiger partial charge in [-0.2, -0.15) is 0 Å². The minimum absolute atomic E-state index is 0.224. The molecule has 0 atom stereocenters. The van der Waals surface area contributed by atoms with Gasteiger partial charge >= 0.3 is 0 Å². The third-order valence-corrected chi connectivity index (χ3v) is 2.79. The van der Waals surface area contributed by atoms with Gasteiger partial charge in [-0.1, -0.05) is 11.6 Å². The Morgan fingerprint density at radius 2 is 2.18 bits per heavy atom. The van der Waals surface area contributed by atoms with Crippen LogP contribution in [0.25, 0.3) is 0 Å². The van der Waals surface area contributed by atoms with Gasteiger partial charge < -0.3 is 9.88 Å². The van der Waals surface area contributed by atoms with E-state index in [0.717, 1.165) is 6.54 Å². The minimum Gasteiger partial charge on any atom is -0.349 e. The van der Waals surface area contributed by atoms with Crippen molar-refractivity contribution < 1.29 is 4.39 Å². The SMILES string of the molecule is CNCc1ccn(Cc2cc(Cl)ccc2F)c1. The second-order valence-corrected chi connectivity index (χ2v) is 4.39. The third-order valence-electron chi connectivity index (χ3n) is 2.55. The smallest absolute Gasteiger partial charge is 0.128 e. The largest absolute Gasteiger partial charge is 0.349 e. The van der Waals surface area contributed by atoms with Crippen molar-refractivity contribution in [3.63, 3.8) is 0 Å². The first kappa shape index (κ1) is 12.1. The van der Waals surface area contributed by atoms with E-state index in [1.807, 2.05) is 30.1 Å². The average Bonchev–Trinajstić information content (AvgIpc) is 2.72. The topological polar surface area (TPSA) is 17.0 Å². The Morgan fingerprint density at radius 3 is 2.94 bits per heavy atom. The van der Waals surface area contributed by atoms with Crippen molar-refractivity contribution in [2.24, 2.45) is 0 Å². The van der Waals surface area contributed by atoms with Gasteiger partial charge in [-0.15, -0.1) is 0 Å². The van der Waals surface area contributed by atoms with Gasteiger partial charge in [0.2, 0.25) is 0 Å². The molecule has 1 aromatic carbocycles. The van der Waals surface area contributed by atoms with Gasteiger partial charge in [0.25, 0.3) is 0 Å². The van der Waals surface area contributed by atoms with Crippen molar-refractivity contribution in [2.75, 3.05) is 7.05 Å². The van der Waals surface area contributed by atoms with Gasteiger partial charge in [0, 0.05) is 36.1 Å². The van der Waals surface area contributed by atoms with Crippen LogP contribution in [-0.4, -0.2) is 11.6 Å². The number of nitrogens with one attached hydrogen (secondary N) is 1. The molecule has 0 saturated carbocycles. The maximum atomic E-state index is 13.5. The van der Waals surface area contributed by atoms with E-state index in [0.29, 0.717) is 17.1 Å². The predicted octanol–water partition coefficient (Wildman–Crippen LogP) is 3.05. The average molecular weight is 253 g/mol. The molecule has 2 rings (SSSR count). The molecule has 0 spiro atoms. The number of benzene rings is 1. The zero-order valence-corrected chi connectivity index (χ0v) is 10.3. The molecule has 0 aliphatic heterocycles. The molecule has 0 unspecified atom stereocenters. The summed E-state index contributed by atoms with van der Waals surface area (Å²) in [5, 5.41) is 3.63. The van der Waals surface area contributed by atoms with Crippen LogP contribution >= 0.6 is 11.6 Å². The third kappa shape index (κ3) is 3.08. The summed E-state index contributed by atoms with van der Waals surface area (Å²) in [7, 11) is 1.90. The highest BCUT2D eigenvalue weighted by atomic mass is 35.5. The molecule has 0 bridgehead atoms. The van der Waals surface area contributed by atoms with Crippen molar-refractivity contribution in [3.05, 3.63) is 58.6 Å². The highest BCUT2D eigenvalue weighted by molar-refractivity contribution is 6.30. The van der Waals surface area contributed by atoms with E-state index in [9.17, 15) is 4.39 Å². The first-order chi connectivity index (χ1) is 8.19. The summed E-state index contributed by atoms with van der Waals surface area (Å²) >= 11 is 5.85. The fourth-order valence-electron chi connectivity index (χ4n) is 1.76. The predicted molar refractivity (Wildman–Crippen MR) is 67.7 cm³/mol. The second kappa shape index (κ2) is 5.34. The normalized spacial score (nSPS) is 10.8. The zero-order valence-electron chi connectivity index (χ0n) is 9.58. The van der Waals surface area contributed by atoms with Crippen molar-refractivity contribution in [3.8, 4) is 0 Å². The zero-order chi connectivity index (χ0) is 12.3. The summed E-state index contributed by atoms with van der Waals surface area (Å²) in [6.45, 7) is 1.31. The molecule has 4 heteroatoms. The van der Waals surface area contributed by atoms with Gasteiger partial charge in [-0.05, 0) is 36.9 Å². The summed E-state index contributed by atoms with van der Waals surface area (Å²) in [6, 6.07) is 6.63. The van der Waals surface area contributed by atoms with E-state index in [-0.39, 0.29) is 5.82 Å². The van der Waals surface area contributed by atoms with Gasteiger partial charge in [-0.25, -0.2) is 4.39 Å². The highest BCUT2D eigenvalue weighted by Gasteiger charge is 2.04. The van der Waals surface area contributed by atoms with E-state index < -0.39 is 0 Å². The Morgan fingerprint density at radius 1 is 1.35 bits per heavy atom. The molecule has 1 aromatic heterocycles. The molecule has 0 aliphatic rings. The number of nitrogens with zero attached hydrogens (tertiary/aromatic N) is 1. The lowest BCUT2D eigenvalue weighted by molar-refractivity contribution is 0.599. The van der Waals surface area contributed by atoms with Crippen LogP contribution in [0.3, 0.4) is 0 Å². The summed E-state index contributed by atoms with van der Waals surface area (Å²) in [5.74, 6) is -0.224. The lowest BCUT2D eigenvalue weighted by Gasteiger charge is -2.05. The molecule has 0 radical (unpaired) electrons. The minimum atomic E-state index is -0.224. The summed E-state index contributed by atoms with van der Waals surface area (Å²) in [4.78, 5) is 0. The van der Waals surface area contributed by atoms with Crippen LogP contribution in [-0.2, 0) is 13.1 Å². The molecule has 1 N–H and O–H groups in total. The Kier molecular flexibility index (Phi) is 3.82. The van der Waals surface area contributed by atoms with Crippen molar-refractivity contribution >= 4 is 11.6 Å². The number of aromatic nitrogens is 1. The summed E-state index contributed by atoms with van der Waals surface area (Å²) in [6.07, 6.45) is 3.93. The quantitative estimate of drug-likeness (QED) is 0.885. The van der Waals surface area contributed by atoms with E-state index in [1.54, 1.807) is 12.1 Å². The molecule has 0 fully saturated rings. The first-order valence-electron chi connectivity index (χ1n) is 5.42. The van der Waals surface area contributed by atoms with Gasteiger partial charge in [-0.3, -0.25) is 0 Å². The van der Waals surface area contributed by atoms with Crippen LogP contribution < -0.4 is 5.32 Å². The molecule has 2 aromatic rings.